The topological polar surface area (TPSA) is 85.0 Å². The van der Waals surface area contributed by atoms with Gasteiger partial charge in [-0.05, 0) is 22.0 Å². The van der Waals surface area contributed by atoms with Crippen molar-refractivity contribution in [2.24, 2.45) is 0 Å². The monoisotopic (exact) mass is 335 g/mol. The standard InChI is InChI=1S/C12H10BrN5O2/c13-9-3-15-12(16-4-9)8-6-17(7-8)11-2-1-10(5-14-11)18(19)20/h1-5,8H,6-7H2. The molecule has 1 fully saturated rings. The molecule has 0 spiro atoms. The molecule has 102 valence electrons. The molecule has 0 bridgehead atoms. The molecule has 3 heterocycles. The SMILES string of the molecule is O=[N+]([O-])c1ccc(N2CC(c3ncc(Br)cn3)C2)nc1. The molecule has 3 rings (SSSR count). The summed E-state index contributed by atoms with van der Waals surface area (Å²) in [5.74, 6) is 1.83. The lowest BCUT2D eigenvalue weighted by molar-refractivity contribution is -0.385. The first-order valence-corrected chi connectivity index (χ1v) is 6.75. The minimum atomic E-state index is -0.453. The molecule has 2 aromatic rings. The van der Waals surface area contributed by atoms with Crippen molar-refractivity contribution < 1.29 is 4.92 Å². The summed E-state index contributed by atoms with van der Waals surface area (Å²) < 4.78 is 0.856. The van der Waals surface area contributed by atoms with Crippen LogP contribution in [0, 0.1) is 10.1 Å². The van der Waals surface area contributed by atoms with Crippen LogP contribution >= 0.6 is 15.9 Å². The van der Waals surface area contributed by atoms with Gasteiger partial charge >= 0.3 is 0 Å². The Balaban J connectivity index is 1.65. The van der Waals surface area contributed by atoms with E-state index in [4.69, 9.17) is 0 Å². The fraction of sp³-hybridized carbons (Fsp3) is 0.250. The van der Waals surface area contributed by atoms with Crippen molar-refractivity contribution in [1.29, 1.82) is 0 Å². The van der Waals surface area contributed by atoms with E-state index in [1.54, 1.807) is 18.5 Å². The van der Waals surface area contributed by atoms with Crippen LogP contribution in [-0.4, -0.2) is 33.0 Å². The van der Waals surface area contributed by atoms with Crippen molar-refractivity contribution >= 4 is 27.4 Å². The molecule has 1 aliphatic rings. The summed E-state index contributed by atoms with van der Waals surface area (Å²) in [6, 6.07) is 3.13. The third kappa shape index (κ3) is 2.46. The van der Waals surface area contributed by atoms with Crippen molar-refractivity contribution in [2.45, 2.75) is 5.92 Å². The van der Waals surface area contributed by atoms with Crippen LogP contribution in [0.25, 0.3) is 0 Å². The van der Waals surface area contributed by atoms with Crippen LogP contribution in [-0.2, 0) is 0 Å². The van der Waals surface area contributed by atoms with E-state index < -0.39 is 4.92 Å². The predicted octanol–water partition coefficient (Wildman–Crippen LogP) is 2.15. The van der Waals surface area contributed by atoms with E-state index in [-0.39, 0.29) is 11.6 Å². The highest BCUT2D eigenvalue weighted by Gasteiger charge is 2.31. The Morgan fingerprint density at radius 2 is 1.90 bits per heavy atom. The Labute approximate surface area is 123 Å². The molecule has 1 saturated heterocycles. The number of nitrogens with zero attached hydrogens (tertiary/aromatic N) is 5. The van der Waals surface area contributed by atoms with Crippen molar-refractivity contribution in [2.75, 3.05) is 18.0 Å². The summed E-state index contributed by atoms with van der Waals surface area (Å²) in [6.45, 7) is 1.54. The third-order valence-electron chi connectivity index (χ3n) is 3.15. The molecule has 2 aromatic heterocycles. The van der Waals surface area contributed by atoms with Gasteiger partial charge in [0.1, 0.15) is 17.8 Å². The Bertz CT molecular complexity index is 625. The maximum Gasteiger partial charge on any atom is 0.287 e. The lowest BCUT2D eigenvalue weighted by Gasteiger charge is -2.39. The second-order valence-electron chi connectivity index (χ2n) is 4.49. The maximum absolute atomic E-state index is 10.6. The van der Waals surface area contributed by atoms with Gasteiger partial charge in [-0.1, -0.05) is 0 Å². The lowest BCUT2D eigenvalue weighted by Crippen LogP contribution is -2.46. The number of hydrogen-bond acceptors (Lipinski definition) is 6. The van der Waals surface area contributed by atoms with Gasteiger partial charge in [0.05, 0.1) is 15.3 Å². The normalized spacial score (nSPS) is 14.9. The Hall–Kier alpha value is -2.09. The first-order valence-electron chi connectivity index (χ1n) is 5.96. The minimum Gasteiger partial charge on any atom is -0.355 e. The first kappa shape index (κ1) is 12.9. The summed E-state index contributed by atoms with van der Waals surface area (Å²) in [5.41, 5.74) is 0.00191. The van der Waals surface area contributed by atoms with Crippen LogP contribution in [0.2, 0.25) is 0 Å². The average Bonchev–Trinajstić information content (AvgIpc) is 2.40. The molecular weight excluding hydrogens is 326 g/mol. The zero-order valence-electron chi connectivity index (χ0n) is 10.3. The van der Waals surface area contributed by atoms with E-state index in [1.807, 2.05) is 4.90 Å². The molecule has 1 aliphatic heterocycles. The van der Waals surface area contributed by atoms with E-state index in [0.717, 1.165) is 29.2 Å². The summed E-state index contributed by atoms with van der Waals surface area (Å²) in [4.78, 5) is 24.8. The van der Waals surface area contributed by atoms with Crippen molar-refractivity contribution in [3.63, 3.8) is 0 Å². The fourth-order valence-electron chi connectivity index (χ4n) is 2.04. The Kier molecular flexibility index (Phi) is 3.31. The van der Waals surface area contributed by atoms with Gasteiger partial charge in [-0.2, -0.15) is 0 Å². The minimum absolute atomic E-state index is 0.00191. The van der Waals surface area contributed by atoms with E-state index in [9.17, 15) is 10.1 Å². The molecule has 20 heavy (non-hydrogen) atoms. The van der Waals surface area contributed by atoms with Gasteiger partial charge in [-0.15, -0.1) is 0 Å². The number of aromatic nitrogens is 3. The van der Waals surface area contributed by atoms with Crippen LogP contribution < -0.4 is 4.90 Å². The highest BCUT2D eigenvalue weighted by molar-refractivity contribution is 9.10. The molecule has 7 nitrogen and oxygen atoms in total. The van der Waals surface area contributed by atoms with Crippen LogP contribution in [0.3, 0.4) is 0 Å². The Morgan fingerprint density at radius 3 is 2.45 bits per heavy atom. The zero-order chi connectivity index (χ0) is 14.1. The van der Waals surface area contributed by atoms with Crippen molar-refractivity contribution in [1.82, 2.24) is 15.0 Å². The van der Waals surface area contributed by atoms with Gasteiger partial charge in [0, 0.05) is 31.5 Å². The molecular formula is C12H10BrN5O2. The summed E-state index contributed by atoms with van der Waals surface area (Å²) in [6.07, 6.45) is 4.74. The van der Waals surface area contributed by atoms with Crippen molar-refractivity contribution in [3.05, 3.63) is 51.1 Å². The number of anilines is 1. The fourth-order valence-corrected chi connectivity index (χ4v) is 2.24. The molecule has 8 heteroatoms. The number of hydrogen-bond donors (Lipinski definition) is 0. The summed E-state index contributed by atoms with van der Waals surface area (Å²) in [5, 5.41) is 10.6. The number of halogens is 1. The van der Waals surface area contributed by atoms with Crippen LogP contribution in [0.1, 0.15) is 11.7 Å². The largest absolute Gasteiger partial charge is 0.355 e. The zero-order valence-corrected chi connectivity index (χ0v) is 11.9. The molecule has 0 saturated carbocycles. The molecule has 0 radical (unpaired) electrons. The summed E-state index contributed by atoms with van der Waals surface area (Å²) in [7, 11) is 0. The van der Waals surface area contributed by atoms with Crippen LogP contribution in [0.4, 0.5) is 11.5 Å². The second kappa shape index (κ2) is 5.12. The Morgan fingerprint density at radius 1 is 1.20 bits per heavy atom. The molecule has 0 unspecified atom stereocenters. The highest BCUT2D eigenvalue weighted by atomic mass is 79.9. The van der Waals surface area contributed by atoms with E-state index >= 15 is 0 Å². The second-order valence-corrected chi connectivity index (χ2v) is 5.41. The molecule has 0 amide bonds. The predicted molar refractivity (Wildman–Crippen MR) is 75.6 cm³/mol. The number of rotatable bonds is 3. The van der Waals surface area contributed by atoms with Crippen LogP contribution in [0.5, 0.6) is 0 Å². The van der Waals surface area contributed by atoms with Gasteiger partial charge in [0.2, 0.25) is 0 Å². The first-order chi connectivity index (χ1) is 9.63. The van der Waals surface area contributed by atoms with Crippen molar-refractivity contribution in [3.8, 4) is 0 Å². The van der Waals surface area contributed by atoms with E-state index in [0.29, 0.717) is 0 Å². The van der Waals surface area contributed by atoms with E-state index in [2.05, 4.69) is 30.9 Å². The summed E-state index contributed by atoms with van der Waals surface area (Å²) >= 11 is 3.30. The maximum atomic E-state index is 10.6. The quantitative estimate of drug-likeness (QED) is 0.631. The average molecular weight is 336 g/mol. The number of nitro groups is 1. The smallest absolute Gasteiger partial charge is 0.287 e. The van der Waals surface area contributed by atoms with Gasteiger partial charge in [-0.3, -0.25) is 10.1 Å². The molecule has 0 aliphatic carbocycles. The third-order valence-corrected chi connectivity index (χ3v) is 3.56. The molecule has 0 N–H and O–H groups in total. The van der Waals surface area contributed by atoms with Crippen LogP contribution in [0.15, 0.2) is 35.2 Å². The van der Waals surface area contributed by atoms with Gasteiger partial charge in [-0.25, -0.2) is 15.0 Å². The highest BCUT2D eigenvalue weighted by Crippen LogP contribution is 2.29. The van der Waals surface area contributed by atoms with Gasteiger partial charge in [0.25, 0.3) is 5.69 Å². The van der Waals surface area contributed by atoms with E-state index in [1.165, 1.54) is 12.3 Å². The van der Waals surface area contributed by atoms with Gasteiger partial charge < -0.3 is 4.90 Å². The van der Waals surface area contributed by atoms with Gasteiger partial charge in [0.15, 0.2) is 0 Å². The lowest BCUT2D eigenvalue weighted by atomic mass is 9.99. The molecule has 0 atom stereocenters. The number of pyridine rings is 1. The molecule has 0 aromatic carbocycles.